The molecule has 0 aliphatic heterocycles. The number of ether oxygens (including phenoxy) is 1. The SMILES string of the molecule is OCCOc1ccccc1CNCc1cc[nH]c1. The van der Waals surface area contributed by atoms with Crippen LogP contribution in [0.25, 0.3) is 0 Å². The molecule has 0 fully saturated rings. The maximum absolute atomic E-state index is 8.78. The number of aromatic nitrogens is 1. The van der Waals surface area contributed by atoms with Crippen molar-refractivity contribution in [1.29, 1.82) is 0 Å². The van der Waals surface area contributed by atoms with Gasteiger partial charge in [-0.05, 0) is 17.7 Å². The zero-order chi connectivity index (χ0) is 12.6. The fraction of sp³-hybridized carbons (Fsp3) is 0.286. The Morgan fingerprint density at radius 1 is 1.17 bits per heavy atom. The van der Waals surface area contributed by atoms with Crippen molar-refractivity contribution in [1.82, 2.24) is 10.3 Å². The smallest absolute Gasteiger partial charge is 0.123 e. The number of rotatable bonds is 7. The van der Waals surface area contributed by atoms with Crippen LogP contribution in [0.4, 0.5) is 0 Å². The summed E-state index contributed by atoms with van der Waals surface area (Å²) in [6, 6.07) is 9.91. The Morgan fingerprint density at radius 3 is 2.83 bits per heavy atom. The van der Waals surface area contributed by atoms with E-state index < -0.39 is 0 Å². The summed E-state index contributed by atoms with van der Waals surface area (Å²) in [6.45, 7) is 1.92. The first-order chi connectivity index (χ1) is 8.90. The molecule has 2 aromatic rings. The predicted octanol–water partition coefficient (Wildman–Crippen LogP) is 1.68. The van der Waals surface area contributed by atoms with Gasteiger partial charge >= 0.3 is 0 Å². The van der Waals surface area contributed by atoms with Crippen molar-refractivity contribution in [3.63, 3.8) is 0 Å². The van der Waals surface area contributed by atoms with Crippen molar-refractivity contribution < 1.29 is 9.84 Å². The van der Waals surface area contributed by atoms with Crippen LogP contribution in [-0.4, -0.2) is 23.3 Å². The minimum atomic E-state index is 0.0329. The second kappa shape index (κ2) is 6.83. The summed E-state index contributed by atoms with van der Waals surface area (Å²) in [4.78, 5) is 3.03. The van der Waals surface area contributed by atoms with Crippen molar-refractivity contribution in [3.8, 4) is 5.75 Å². The molecule has 1 heterocycles. The lowest BCUT2D eigenvalue weighted by atomic mass is 10.2. The molecule has 1 aromatic heterocycles. The van der Waals surface area contributed by atoms with E-state index in [2.05, 4.69) is 10.3 Å². The number of aromatic amines is 1. The monoisotopic (exact) mass is 246 g/mol. The average Bonchev–Trinajstić information content (AvgIpc) is 2.91. The molecule has 0 amide bonds. The van der Waals surface area contributed by atoms with Crippen LogP contribution in [0, 0.1) is 0 Å². The Kier molecular flexibility index (Phi) is 4.81. The molecule has 0 radical (unpaired) electrons. The van der Waals surface area contributed by atoms with Crippen LogP contribution >= 0.6 is 0 Å². The second-order valence-corrected chi connectivity index (χ2v) is 4.00. The molecule has 0 aliphatic rings. The molecule has 0 unspecified atom stereocenters. The summed E-state index contributed by atoms with van der Waals surface area (Å²) in [5.74, 6) is 0.827. The quantitative estimate of drug-likeness (QED) is 0.696. The van der Waals surface area contributed by atoms with Gasteiger partial charge in [-0.1, -0.05) is 18.2 Å². The van der Waals surface area contributed by atoms with Crippen LogP contribution in [0.3, 0.4) is 0 Å². The van der Waals surface area contributed by atoms with Crippen molar-refractivity contribution >= 4 is 0 Å². The fourth-order valence-electron chi connectivity index (χ4n) is 1.76. The summed E-state index contributed by atoms with van der Waals surface area (Å²) in [6.07, 6.45) is 3.89. The molecule has 4 heteroatoms. The summed E-state index contributed by atoms with van der Waals surface area (Å²) in [5.41, 5.74) is 2.32. The third-order valence-electron chi connectivity index (χ3n) is 2.63. The molecule has 1 aromatic carbocycles. The van der Waals surface area contributed by atoms with E-state index in [1.54, 1.807) is 0 Å². The number of H-pyrrole nitrogens is 1. The van der Waals surface area contributed by atoms with Gasteiger partial charge in [0.25, 0.3) is 0 Å². The standard InChI is InChI=1S/C14H18N2O2/c17-7-8-18-14-4-2-1-3-13(14)11-16-10-12-5-6-15-9-12/h1-6,9,15-17H,7-8,10-11H2. The van der Waals surface area contributed by atoms with E-state index in [-0.39, 0.29) is 6.61 Å². The Bertz CT molecular complexity index is 455. The van der Waals surface area contributed by atoms with E-state index in [4.69, 9.17) is 9.84 Å². The zero-order valence-electron chi connectivity index (χ0n) is 10.2. The van der Waals surface area contributed by atoms with Gasteiger partial charge in [-0.3, -0.25) is 0 Å². The Balaban J connectivity index is 1.87. The third kappa shape index (κ3) is 3.61. The van der Waals surface area contributed by atoms with E-state index in [0.29, 0.717) is 6.61 Å². The highest BCUT2D eigenvalue weighted by Gasteiger charge is 2.02. The van der Waals surface area contributed by atoms with Gasteiger partial charge in [0.1, 0.15) is 12.4 Å². The van der Waals surface area contributed by atoms with Crippen LogP contribution < -0.4 is 10.1 Å². The number of aliphatic hydroxyl groups is 1. The summed E-state index contributed by atoms with van der Waals surface area (Å²) >= 11 is 0. The van der Waals surface area contributed by atoms with Gasteiger partial charge in [0.15, 0.2) is 0 Å². The van der Waals surface area contributed by atoms with Gasteiger partial charge in [-0.2, -0.15) is 0 Å². The van der Waals surface area contributed by atoms with Crippen LogP contribution in [-0.2, 0) is 13.1 Å². The van der Waals surface area contributed by atoms with Crippen LogP contribution in [0.1, 0.15) is 11.1 Å². The van der Waals surface area contributed by atoms with Crippen molar-refractivity contribution in [2.75, 3.05) is 13.2 Å². The molecule has 0 saturated carbocycles. The molecule has 0 bridgehead atoms. The number of hydrogen-bond donors (Lipinski definition) is 3. The van der Waals surface area contributed by atoms with Gasteiger partial charge < -0.3 is 20.1 Å². The van der Waals surface area contributed by atoms with Gasteiger partial charge in [0, 0.05) is 31.0 Å². The Labute approximate surface area is 107 Å². The summed E-state index contributed by atoms with van der Waals surface area (Å²) in [7, 11) is 0. The normalized spacial score (nSPS) is 10.5. The largest absolute Gasteiger partial charge is 0.491 e. The average molecular weight is 246 g/mol. The maximum Gasteiger partial charge on any atom is 0.123 e. The lowest BCUT2D eigenvalue weighted by Crippen LogP contribution is -2.13. The maximum atomic E-state index is 8.78. The molecule has 96 valence electrons. The second-order valence-electron chi connectivity index (χ2n) is 4.00. The minimum absolute atomic E-state index is 0.0329. The van der Waals surface area contributed by atoms with E-state index in [1.807, 2.05) is 42.7 Å². The molecule has 0 aliphatic carbocycles. The van der Waals surface area contributed by atoms with Crippen LogP contribution in [0.2, 0.25) is 0 Å². The van der Waals surface area contributed by atoms with Crippen molar-refractivity contribution in [2.45, 2.75) is 13.1 Å². The first kappa shape index (κ1) is 12.7. The summed E-state index contributed by atoms with van der Waals surface area (Å²) < 4.78 is 5.48. The molecule has 2 rings (SSSR count). The van der Waals surface area contributed by atoms with Gasteiger partial charge in [-0.25, -0.2) is 0 Å². The molecule has 3 N–H and O–H groups in total. The lowest BCUT2D eigenvalue weighted by Gasteiger charge is -2.11. The molecule has 0 spiro atoms. The van der Waals surface area contributed by atoms with Gasteiger partial charge in [0.2, 0.25) is 0 Å². The van der Waals surface area contributed by atoms with E-state index in [0.717, 1.165) is 24.4 Å². The number of hydrogen-bond acceptors (Lipinski definition) is 3. The van der Waals surface area contributed by atoms with E-state index >= 15 is 0 Å². The molecule has 0 saturated heterocycles. The van der Waals surface area contributed by atoms with Crippen molar-refractivity contribution in [2.24, 2.45) is 0 Å². The summed E-state index contributed by atoms with van der Waals surface area (Å²) in [5, 5.41) is 12.1. The molecule has 0 atom stereocenters. The molecule has 18 heavy (non-hydrogen) atoms. The van der Waals surface area contributed by atoms with E-state index in [1.165, 1.54) is 5.56 Å². The molecule has 4 nitrogen and oxygen atoms in total. The van der Waals surface area contributed by atoms with E-state index in [9.17, 15) is 0 Å². The zero-order valence-corrected chi connectivity index (χ0v) is 10.2. The first-order valence-electron chi connectivity index (χ1n) is 6.04. The fourth-order valence-corrected chi connectivity index (χ4v) is 1.76. The number of benzene rings is 1. The highest BCUT2D eigenvalue weighted by atomic mass is 16.5. The van der Waals surface area contributed by atoms with Gasteiger partial charge in [-0.15, -0.1) is 0 Å². The lowest BCUT2D eigenvalue weighted by molar-refractivity contribution is 0.200. The minimum Gasteiger partial charge on any atom is -0.491 e. The molecular formula is C14H18N2O2. The van der Waals surface area contributed by atoms with Crippen molar-refractivity contribution in [3.05, 3.63) is 53.9 Å². The first-order valence-corrected chi connectivity index (χ1v) is 6.04. The molecular weight excluding hydrogens is 228 g/mol. The Morgan fingerprint density at radius 2 is 2.06 bits per heavy atom. The Hall–Kier alpha value is -1.78. The predicted molar refractivity (Wildman–Crippen MR) is 70.4 cm³/mol. The number of aliphatic hydroxyl groups excluding tert-OH is 1. The van der Waals surface area contributed by atoms with Crippen LogP contribution in [0.15, 0.2) is 42.7 Å². The van der Waals surface area contributed by atoms with Gasteiger partial charge in [0.05, 0.1) is 6.61 Å². The number of nitrogens with one attached hydrogen (secondary N) is 2. The third-order valence-corrected chi connectivity index (χ3v) is 2.63. The highest BCUT2D eigenvalue weighted by molar-refractivity contribution is 5.33. The topological polar surface area (TPSA) is 57.3 Å². The number of para-hydroxylation sites is 1. The highest BCUT2D eigenvalue weighted by Crippen LogP contribution is 2.17. The van der Waals surface area contributed by atoms with Crippen LogP contribution in [0.5, 0.6) is 5.75 Å².